The van der Waals surface area contributed by atoms with Gasteiger partial charge in [0.1, 0.15) is 11.6 Å². The standard InChI is InChI=1S/C17H29N5O/c1-4-5-14-10-17(19-13(2)18-14)22-11-15(16(23)12-22)21-8-6-20(3)7-9-21/h10,15-16,23H,4-9,11-12H2,1-3H3/t15-,16-/m1/s1. The molecule has 1 N–H and O–H groups in total. The molecule has 0 saturated carbocycles. The maximum atomic E-state index is 10.5. The van der Waals surface area contributed by atoms with Gasteiger partial charge in [-0.2, -0.15) is 0 Å². The Morgan fingerprint density at radius 2 is 1.91 bits per heavy atom. The van der Waals surface area contributed by atoms with E-state index >= 15 is 0 Å². The van der Waals surface area contributed by atoms with Gasteiger partial charge in [-0.15, -0.1) is 0 Å². The molecule has 2 atom stereocenters. The van der Waals surface area contributed by atoms with Gasteiger partial charge in [0.25, 0.3) is 0 Å². The molecule has 2 aliphatic rings. The average Bonchev–Trinajstić information content (AvgIpc) is 2.90. The Kier molecular flexibility index (Phi) is 5.14. The number of β-amino-alcohol motifs (C(OH)–C–C–N with tert-alkyl or cyclic N) is 1. The largest absolute Gasteiger partial charge is 0.390 e. The Labute approximate surface area is 139 Å². The first-order valence-corrected chi connectivity index (χ1v) is 8.77. The lowest BCUT2D eigenvalue weighted by molar-refractivity contribution is 0.0512. The van der Waals surface area contributed by atoms with Gasteiger partial charge in [0, 0.05) is 51.0 Å². The number of aromatic nitrogens is 2. The van der Waals surface area contributed by atoms with Crippen molar-refractivity contribution in [3.63, 3.8) is 0 Å². The van der Waals surface area contributed by atoms with Crippen molar-refractivity contribution in [1.82, 2.24) is 19.8 Å². The van der Waals surface area contributed by atoms with E-state index in [4.69, 9.17) is 0 Å². The fourth-order valence-corrected chi connectivity index (χ4v) is 3.63. The second-order valence-electron chi connectivity index (χ2n) is 6.89. The van der Waals surface area contributed by atoms with E-state index in [0.717, 1.165) is 62.9 Å². The quantitative estimate of drug-likeness (QED) is 0.874. The Morgan fingerprint density at radius 1 is 1.17 bits per heavy atom. The van der Waals surface area contributed by atoms with Gasteiger partial charge in [-0.1, -0.05) is 13.3 Å². The van der Waals surface area contributed by atoms with E-state index in [1.807, 2.05) is 6.92 Å². The molecule has 3 heterocycles. The fourth-order valence-electron chi connectivity index (χ4n) is 3.63. The molecule has 0 radical (unpaired) electrons. The van der Waals surface area contributed by atoms with E-state index in [1.165, 1.54) is 0 Å². The summed E-state index contributed by atoms with van der Waals surface area (Å²) in [4.78, 5) is 16.1. The molecule has 1 aromatic rings. The van der Waals surface area contributed by atoms with Gasteiger partial charge in [-0.3, -0.25) is 4.90 Å². The second-order valence-corrected chi connectivity index (χ2v) is 6.89. The number of aryl methyl sites for hydroxylation is 2. The van der Waals surface area contributed by atoms with E-state index in [9.17, 15) is 5.11 Å². The summed E-state index contributed by atoms with van der Waals surface area (Å²) in [6.07, 6.45) is 1.76. The summed E-state index contributed by atoms with van der Waals surface area (Å²) >= 11 is 0. The van der Waals surface area contributed by atoms with Crippen molar-refractivity contribution in [2.75, 3.05) is 51.2 Å². The van der Waals surface area contributed by atoms with Crippen LogP contribution in [0.2, 0.25) is 0 Å². The molecular formula is C17H29N5O. The van der Waals surface area contributed by atoms with Gasteiger partial charge < -0.3 is 14.9 Å². The summed E-state index contributed by atoms with van der Waals surface area (Å²) in [5, 5.41) is 10.5. The van der Waals surface area contributed by atoms with Gasteiger partial charge in [0.15, 0.2) is 0 Å². The minimum Gasteiger partial charge on any atom is -0.390 e. The molecule has 2 aliphatic heterocycles. The highest BCUT2D eigenvalue weighted by atomic mass is 16.3. The summed E-state index contributed by atoms with van der Waals surface area (Å²) in [5.41, 5.74) is 1.10. The third-order valence-corrected chi connectivity index (χ3v) is 4.97. The third-order valence-electron chi connectivity index (χ3n) is 4.97. The smallest absolute Gasteiger partial charge is 0.132 e. The first-order valence-electron chi connectivity index (χ1n) is 8.77. The fraction of sp³-hybridized carbons (Fsp3) is 0.765. The Balaban J connectivity index is 1.70. The van der Waals surface area contributed by atoms with E-state index < -0.39 is 0 Å². The van der Waals surface area contributed by atoms with Crippen LogP contribution >= 0.6 is 0 Å². The number of anilines is 1. The number of nitrogens with zero attached hydrogens (tertiary/aromatic N) is 5. The number of hydrogen-bond acceptors (Lipinski definition) is 6. The van der Waals surface area contributed by atoms with Crippen LogP contribution in [-0.2, 0) is 6.42 Å². The molecule has 0 bridgehead atoms. The maximum absolute atomic E-state index is 10.5. The lowest BCUT2D eigenvalue weighted by Crippen LogP contribution is -2.52. The van der Waals surface area contributed by atoms with Crippen LogP contribution in [0, 0.1) is 6.92 Å². The molecule has 1 aromatic heterocycles. The van der Waals surface area contributed by atoms with Crippen LogP contribution in [0.5, 0.6) is 0 Å². The summed E-state index contributed by atoms with van der Waals surface area (Å²) in [6.45, 7) is 9.87. The van der Waals surface area contributed by atoms with Gasteiger partial charge in [0.2, 0.25) is 0 Å². The van der Waals surface area contributed by atoms with Crippen LogP contribution < -0.4 is 4.90 Å². The molecule has 0 aromatic carbocycles. The lowest BCUT2D eigenvalue weighted by atomic mass is 10.1. The summed E-state index contributed by atoms with van der Waals surface area (Å²) in [6, 6.07) is 2.31. The van der Waals surface area contributed by atoms with Gasteiger partial charge in [-0.25, -0.2) is 9.97 Å². The van der Waals surface area contributed by atoms with Crippen LogP contribution in [-0.4, -0.2) is 83.3 Å². The SMILES string of the molecule is CCCc1cc(N2C[C@@H](O)[C@H](N3CCN(C)CC3)C2)nc(C)n1. The second kappa shape index (κ2) is 7.11. The summed E-state index contributed by atoms with van der Waals surface area (Å²) < 4.78 is 0. The topological polar surface area (TPSA) is 55.7 Å². The summed E-state index contributed by atoms with van der Waals surface area (Å²) in [5.74, 6) is 1.79. The van der Waals surface area contributed by atoms with Crippen molar-refractivity contribution in [2.45, 2.75) is 38.8 Å². The van der Waals surface area contributed by atoms with Crippen molar-refractivity contribution < 1.29 is 5.11 Å². The lowest BCUT2D eigenvalue weighted by Gasteiger charge is -2.37. The monoisotopic (exact) mass is 319 g/mol. The Bertz CT molecular complexity index is 530. The molecule has 23 heavy (non-hydrogen) atoms. The number of rotatable bonds is 4. The van der Waals surface area contributed by atoms with Crippen LogP contribution in [0.3, 0.4) is 0 Å². The third kappa shape index (κ3) is 3.82. The molecular weight excluding hydrogens is 290 g/mol. The zero-order valence-electron chi connectivity index (χ0n) is 14.6. The van der Waals surface area contributed by atoms with E-state index in [-0.39, 0.29) is 12.1 Å². The minimum atomic E-state index is -0.302. The van der Waals surface area contributed by atoms with Crippen LogP contribution in [0.25, 0.3) is 0 Å². The van der Waals surface area contributed by atoms with Crippen LogP contribution in [0.1, 0.15) is 24.9 Å². The minimum absolute atomic E-state index is 0.216. The predicted octanol–water partition coefficient (Wildman–Crippen LogP) is 0.534. The Hall–Kier alpha value is -1.24. The molecule has 2 saturated heterocycles. The van der Waals surface area contributed by atoms with Crippen molar-refractivity contribution in [1.29, 1.82) is 0 Å². The molecule has 6 heteroatoms. The van der Waals surface area contributed by atoms with Crippen molar-refractivity contribution >= 4 is 5.82 Å². The Morgan fingerprint density at radius 3 is 2.61 bits per heavy atom. The molecule has 2 fully saturated rings. The maximum Gasteiger partial charge on any atom is 0.132 e. The highest BCUT2D eigenvalue weighted by Gasteiger charge is 2.37. The highest BCUT2D eigenvalue weighted by molar-refractivity contribution is 5.42. The molecule has 0 amide bonds. The van der Waals surface area contributed by atoms with Crippen molar-refractivity contribution in [3.8, 4) is 0 Å². The molecule has 3 rings (SSSR count). The van der Waals surface area contributed by atoms with Gasteiger partial charge in [-0.05, 0) is 20.4 Å². The van der Waals surface area contributed by atoms with E-state index in [0.29, 0.717) is 6.54 Å². The number of aliphatic hydroxyl groups is 1. The first kappa shape index (κ1) is 16.6. The molecule has 128 valence electrons. The zero-order valence-corrected chi connectivity index (χ0v) is 14.6. The molecule has 0 unspecified atom stereocenters. The van der Waals surface area contributed by atoms with Gasteiger partial charge >= 0.3 is 0 Å². The predicted molar refractivity (Wildman–Crippen MR) is 91.8 cm³/mol. The average molecular weight is 319 g/mol. The van der Waals surface area contributed by atoms with E-state index in [2.05, 4.69) is 44.7 Å². The number of likely N-dealkylation sites (N-methyl/N-ethyl adjacent to an activating group) is 1. The molecule has 6 nitrogen and oxygen atoms in total. The highest BCUT2D eigenvalue weighted by Crippen LogP contribution is 2.23. The first-order chi connectivity index (χ1) is 11.1. The van der Waals surface area contributed by atoms with Gasteiger partial charge in [0.05, 0.1) is 12.1 Å². The zero-order chi connectivity index (χ0) is 16.4. The molecule has 0 spiro atoms. The van der Waals surface area contributed by atoms with Crippen LogP contribution in [0.15, 0.2) is 6.07 Å². The summed E-state index contributed by atoms with van der Waals surface area (Å²) in [7, 11) is 2.16. The number of piperazine rings is 1. The number of aliphatic hydroxyl groups excluding tert-OH is 1. The van der Waals surface area contributed by atoms with Crippen molar-refractivity contribution in [3.05, 3.63) is 17.6 Å². The molecule has 0 aliphatic carbocycles. The van der Waals surface area contributed by atoms with Crippen molar-refractivity contribution in [2.24, 2.45) is 0 Å². The normalized spacial score (nSPS) is 26.9. The van der Waals surface area contributed by atoms with Crippen LogP contribution in [0.4, 0.5) is 5.82 Å². The van der Waals surface area contributed by atoms with E-state index in [1.54, 1.807) is 0 Å². The number of hydrogen-bond donors (Lipinski definition) is 1.